The molecule has 1 aromatic carbocycles. The molecule has 1 amide bonds. The minimum absolute atomic E-state index is 0.0869. The Labute approximate surface area is 136 Å². The predicted octanol–water partition coefficient (Wildman–Crippen LogP) is 2.44. The van der Waals surface area contributed by atoms with Gasteiger partial charge in [0.25, 0.3) is 0 Å². The van der Waals surface area contributed by atoms with Crippen molar-refractivity contribution in [3.63, 3.8) is 0 Å². The highest BCUT2D eigenvalue weighted by Gasteiger charge is 2.18. The molecule has 0 spiro atoms. The molecular weight excluding hydrogens is 296 g/mol. The van der Waals surface area contributed by atoms with Gasteiger partial charge in [-0.1, -0.05) is 13.3 Å². The van der Waals surface area contributed by atoms with Crippen LogP contribution >= 0.6 is 0 Å². The van der Waals surface area contributed by atoms with Gasteiger partial charge < -0.3 is 19.7 Å². The highest BCUT2D eigenvalue weighted by Crippen LogP contribution is 2.25. The third-order valence-corrected chi connectivity index (χ3v) is 3.82. The second-order valence-electron chi connectivity index (χ2n) is 5.47. The molecule has 0 unspecified atom stereocenters. The summed E-state index contributed by atoms with van der Waals surface area (Å²) in [6.45, 7) is 4.93. The van der Waals surface area contributed by atoms with E-state index in [4.69, 9.17) is 9.47 Å². The van der Waals surface area contributed by atoms with Crippen LogP contribution in [0.4, 0.5) is 11.4 Å². The number of carbonyl (C=O) groups excluding carboxylic acids is 2. The second kappa shape index (κ2) is 8.53. The van der Waals surface area contributed by atoms with Gasteiger partial charge in [0.15, 0.2) is 0 Å². The van der Waals surface area contributed by atoms with Crippen LogP contribution in [0, 0.1) is 0 Å². The first kappa shape index (κ1) is 17.3. The van der Waals surface area contributed by atoms with E-state index in [1.165, 1.54) is 7.11 Å². The van der Waals surface area contributed by atoms with E-state index >= 15 is 0 Å². The van der Waals surface area contributed by atoms with Gasteiger partial charge in [-0.25, -0.2) is 4.79 Å². The van der Waals surface area contributed by atoms with Crippen LogP contribution in [0.2, 0.25) is 0 Å². The van der Waals surface area contributed by atoms with Gasteiger partial charge in [0.2, 0.25) is 5.91 Å². The standard InChI is InChI=1S/C17H24N2O4/c1-3-4-5-16(20)18-15-7-6-13(12-14(15)17(21)22-2)19-8-10-23-11-9-19/h6-7,12H,3-5,8-11H2,1-2H3,(H,18,20). The smallest absolute Gasteiger partial charge is 0.340 e. The fourth-order valence-electron chi connectivity index (χ4n) is 2.49. The number of unbranched alkanes of at least 4 members (excludes halogenated alkanes) is 1. The first-order valence-electron chi connectivity index (χ1n) is 8.00. The Morgan fingerprint density at radius 3 is 2.70 bits per heavy atom. The molecule has 1 fully saturated rings. The van der Waals surface area contributed by atoms with Crippen molar-refractivity contribution in [2.45, 2.75) is 26.2 Å². The van der Waals surface area contributed by atoms with Crippen molar-refractivity contribution in [2.24, 2.45) is 0 Å². The van der Waals surface area contributed by atoms with E-state index in [9.17, 15) is 9.59 Å². The van der Waals surface area contributed by atoms with Crippen LogP contribution in [0.3, 0.4) is 0 Å². The number of esters is 1. The van der Waals surface area contributed by atoms with Gasteiger partial charge in [-0.15, -0.1) is 0 Å². The molecule has 0 bridgehead atoms. The molecule has 1 saturated heterocycles. The fourth-order valence-corrected chi connectivity index (χ4v) is 2.49. The summed E-state index contributed by atoms with van der Waals surface area (Å²) in [6.07, 6.45) is 2.22. The third kappa shape index (κ3) is 4.69. The van der Waals surface area contributed by atoms with Gasteiger partial charge in [-0.2, -0.15) is 0 Å². The van der Waals surface area contributed by atoms with Crippen LogP contribution in [-0.4, -0.2) is 45.3 Å². The summed E-state index contributed by atoms with van der Waals surface area (Å²) in [5.41, 5.74) is 1.80. The zero-order chi connectivity index (χ0) is 16.7. The Bertz CT molecular complexity index is 554. The molecule has 1 heterocycles. The molecule has 0 atom stereocenters. The van der Waals surface area contributed by atoms with E-state index < -0.39 is 5.97 Å². The topological polar surface area (TPSA) is 67.9 Å². The summed E-state index contributed by atoms with van der Waals surface area (Å²) in [4.78, 5) is 26.1. The lowest BCUT2D eigenvalue weighted by atomic mass is 10.1. The summed E-state index contributed by atoms with van der Waals surface area (Å²) >= 11 is 0. The number of morpholine rings is 1. The van der Waals surface area contributed by atoms with Crippen LogP contribution in [0.15, 0.2) is 18.2 Å². The highest BCUT2D eigenvalue weighted by atomic mass is 16.5. The first-order chi connectivity index (χ1) is 11.2. The van der Waals surface area contributed by atoms with Crippen molar-refractivity contribution in [3.05, 3.63) is 23.8 Å². The number of rotatable bonds is 6. The molecule has 0 radical (unpaired) electrons. The molecule has 1 aromatic rings. The van der Waals surface area contributed by atoms with Crippen molar-refractivity contribution in [3.8, 4) is 0 Å². The lowest BCUT2D eigenvalue weighted by Crippen LogP contribution is -2.36. The minimum Gasteiger partial charge on any atom is -0.465 e. The SMILES string of the molecule is CCCCC(=O)Nc1ccc(N2CCOCC2)cc1C(=O)OC. The summed E-state index contributed by atoms with van der Waals surface area (Å²) in [5.74, 6) is -0.540. The molecule has 126 valence electrons. The van der Waals surface area contributed by atoms with E-state index in [0.29, 0.717) is 30.9 Å². The first-order valence-corrected chi connectivity index (χ1v) is 8.00. The second-order valence-corrected chi connectivity index (χ2v) is 5.47. The van der Waals surface area contributed by atoms with Crippen LogP contribution in [0.5, 0.6) is 0 Å². The highest BCUT2D eigenvalue weighted by molar-refractivity contribution is 6.02. The van der Waals surface area contributed by atoms with E-state index in [0.717, 1.165) is 31.6 Å². The Hall–Kier alpha value is -2.08. The maximum absolute atomic E-state index is 12.0. The molecule has 2 rings (SSSR count). The summed E-state index contributed by atoms with van der Waals surface area (Å²) in [5, 5.41) is 2.81. The molecule has 0 aliphatic carbocycles. The maximum atomic E-state index is 12.0. The maximum Gasteiger partial charge on any atom is 0.340 e. The largest absolute Gasteiger partial charge is 0.465 e. The van der Waals surface area contributed by atoms with Gasteiger partial charge in [-0.05, 0) is 24.6 Å². The van der Waals surface area contributed by atoms with Crippen molar-refractivity contribution < 1.29 is 19.1 Å². The Morgan fingerprint density at radius 2 is 2.04 bits per heavy atom. The quantitative estimate of drug-likeness (QED) is 0.815. The summed E-state index contributed by atoms with van der Waals surface area (Å²) in [6, 6.07) is 5.45. The number of ether oxygens (including phenoxy) is 2. The van der Waals surface area contributed by atoms with Gasteiger partial charge in [0, 0.05) is 25.2 Å². The molecule has 23 heavy (non-hydrogen) atoms. The zero-order valence-corrected chi connectivity index (χ0v) is 13.8. The number of nitrogens with one attached hydrogen (secondary N) is 1. The average molecular weight is 320 g/mol. The number of amides is 1. The molecule has 0 saturated carbocycles. The van der Waals surface area contributed by atoms with E-state index in [-0.39, 0.29) is 5.91 Å². The molecule has 6 nitrogen and oxygen atoms in total. The van der Waals surface area contributed by atoms with Gasteiger partial charge >= 0.3 is 5.97 Å². The molecule has 1 N–H and O–H groups in total. The molecule has 6 heteroatoms. The average Bonchev–Trinajstić information content (AvgIpc) is 2.60. The van der Waals surface area contributed by atoms with Crippen LogP contribution < -0.4 is 10.2 Å². The number of anilines is 2. The molecule has 1 aliphatic heterocycles. The zero-order valence-electron chi connectivity index (χ0n) is 13.8. The van der Waals surface area contributed by atoms with Gasteiger partial charge in [0.1, 0.15) is 0 Å². The van der Waals surface area contributed by atoms with Gasteiger partial charge in [-0.3, -0.25) is 4.79 Å². The van der Waals surface area contributed by atoms with E-state index in [1.807, 2.05) is 13.0 Å². The molecule has 0 aromatic heterocycles. The van der Waals surface area contributed by atoms with Crippen molar-refractivity contribution >= 4 is 23.3 Å². The lowest BCUT2D eigenvalue weighted by Gasteiger charge is -2.29. The third-order valence-electron chi connectivity index (χ3n) is 3.82. The summed E-state index contributed by atoms with van der Waals surface area (Å²) < 4.78 is 10.2. The van der Waals surface area contributed by atoms with Crippen LogP contribution in [0.1, 0.15) is 36.5 Å². The van der Waals surface area contributed by atoms with Crippen molar-refractivity contribution in [2.75, 3.05) is 43.6 Å². The number of benzene rings is 1. The predicted molar refractivity (Wildman–Crippen MR) is 89.0 cm³/mol. The van der Waals surface area contributed by atoms with E-state index in [1.54, 1.807) is 12.1 Å². The van der Waals surface area contributed by atoms with Gasteiger partial charge in [0.05, 0.1) is 31.6 Å². The fraction of sp³-hybridized carbons (Fsp3) is 0.529. The van der Waals surface area contributed by atoms with E-state index in [2.05, 4.69) is 10.2 Å². The normalized spacial score (nSPS) is 14.4. The van der Waals surface area contributed by atoms with Crippen molar-refractivity contribution in [1.82, 2.24) is 0 Å². The number of methoxy groups -OCH3 is 1. The Morgan fingerprint density at radius 1 is 1.30 bits per heavy atom. The number of nitrogens with zero attached hydrogens (tertiary/aromatic N) is 1. The number of carbonyl (C=O) groups is 2. The van der Waals surface area contributed by atoms with Crippen LogP contribution in [-0.2, 0) is 14.3 Å². The van der Waals surface area contributed by atoms with Crippen molar-refractivity contribution in [1.29, 1.82) is 0 Å². The van der Waals surface area contributed by atoms with Crippen LogP contribution in [0.25, 0.3) is 0 Å². The lowest BCUT2D eigenvalue weighted by molar-refractivity contribution is -0.116. The monoisotopic (exact) mass is 320 g/mol. The Balaban J connectivity index is 2.20. The molecular formula is C17H24N2O4. The number of hydrogen-bond donors (Lipinski definition) is 1. The molecule has 1 aliphatic rings. The Kier molecular flexibility index (Phi) is 6.40. The number of hydrogen-bond acceptors (Lipinski definition) is 5. The summed E-state index contributed by atoms with van der Waals surface area (Å²) in [7, 11) is 1.34. The minimum atomic E-state index is -0.453.